The SMILES string of the molecule is CC/C=C/C/C=C/C/C=C/C/C=C/C/C=C/C/C=C/CCCCCCC(=O)OC(COCCC(C(=O)[O-])[N+](C)(C)C)COC(=O)CCCC/C=C/C/C=C/C/C=C/CC. The Balaban J connectivity index is 4.42. The van der Waals surface area contributed by atoms with Gasteiger partial charge in [-0.15, -0.1) is 0 Å². The van der Waals surface area contributed by atoms with Crippen molar-refractivity contribution in [3.8, 4) is 0 Å². The molecule has 0 aromatic rings. The highest BCUT2D eigenvalue weighted by molar-refractivity contribution is 5.70. The number of esters is 2. The van der Waals surface area contributed by atoms with Crippen molar-refractivity contribution in [3.05, 3.63) is 109 Å². The van der Waals surface area contributed by atoms with Gasteiger partial charge in [-0.1, -0.05) is 136 Å². The van der Waals surface area contributed by atoms with Crippen LogP contribution in [-0.4, -0.2) is 75.5 Å². The Kier molecular flexibility index (Phi) is 38.0. The van der Waals surface area contributed by atoms with Gasteiger partial charge in [0.2, 0.25) is 0 Å². The van der Waals surface area contributed by atoms with Crippen molar-refractivity contribution in [2.24, 2.45) is 0 Å². The van der Waals surface area contributed by atoms with E-state index >= 15 is 0 Å². The Morgan fingerprint density at radius 3 is 1.34 bits per heavy atom. The van der Waals surface area contributed by atoms with Gasteiger partial charge in [-0.05, 0) is 96.3 Å². The number of carbonyl (C=O) groups excluding carboxylic acids is 3. The summed E-state index contributed by atoms with van der Waals surface area (Å²) in [5.41, 5.74) is 0. The molecule has 0 radical (unpaired) electrons. The molecule has 332 valence electrons. The maximum atomic E-state index is 12.7. The molecule has 0 spiro atoms. The minimum absolute atomic E-state index is 0.00994. The maximum Gasteiger partial charge on any atom is 0.306 e. The summed E-state index contributed by atoms with van der Waals surface area (Å²) in [4.78, 5) is 36.8. The molecule has 59 heavy (non-hydrogen) atoms. The minimum Gasteiger partial charge on any atom is -0.544 e. The lowest BCUT2D eigenvalue weighted by Gasteiger charge is -2.34. The number of hydrogen-bond donors (Lipinski definition) is 0. The van der Waals surface area contributed by atoms with Crippen molar-refractivity contribution in [1.29, 1.82) is 0 Å². The quantitative estimate of drug-likeness (QED) is 0.0264. The molecular weight excluding hydrogens is 739 g/mol. The smallest absolute Gasteiger partial charge is 0.306 e. The van der Waals surface area contributed by atoms with Gasteiger partial charge in [0.15, 0.2) is 6.10 Å². The number of nitrogens with zero attached hydrogens (tertiary/aromatic N) is 1. The van der Waals surface area contributed by atoms with Crippen LogP contribution in [-0.2, 0) is 28.6 Å². The summed E-state index contributed by atoms with van der Waals surface area (Å²) in [7, 11) is 5.37. The Morgan fingerprint density at radius 1 is 0.508 bits per heavy atom. The fourth-order valence-corrected chi connectivity index (χ4v) is 5.73. The lowest BCUT2D eigenvalue weighted by Crippen LogP contribution is -2.55. The van der Waals surface area contributed by atoms with Crippen LogP contribution in [0.25, 0.3) is 0 Å². The van der Waals surface area contributed by atoms with E-state index in [4.69, 9.17) is 14.2 Å². The van der Waals surface area contributed by atoms with Crippen LogP contribution < -0.4 is 5.11 Å². The second-order valence-electron chi connectivity index (χ2n) is 15.5. The van der Waals surface area contributed by atoms with Crippen LogP contribution in [0, 0.1) is 0 Å². The van der Waals surface area contributed by atoms with Crippen LogP contribution in [0.1, 0.15) is 142 Å². The number of aliphatic carboxylic acids is 1. The van der Waals surface area contributed by atoms with Crippen LogP contribution in [0.15, 0.2) is 109 Å². The molecule has 0 aliphatic heterocycles. The first-order valence-electron chi connectivity index (χ1n) is 22.4. The van der Waals surface area contributed by atoms with Gasteiger partial charge in [-0.25, -0.2) is 0 Å². The van der Waals surface area contributed by atoms with Crippen molar-refractivity contribution in [2.45, 2.75) is 154 Å². The number of carbonyl (C=O) groups is 3. The monoisotopic (exact) mass is 820 g/mol. The van der Waals surface area contributed by atoms with E-state index in [1.165, 1.54) is 0 Å². The van der Waals surface area contributed by atoms with Crippen LogP contribution >= 0.6 is 0 Å². The van der Waals surface area contributed by atoms with E-state index in [1.54, 1.807) is 21.1 Å². The largest absolute Gasteiger partial charge is 0.544 e. The predicted molar refractivity (Wildman–Crippen MR) is 244 cm³/mol. The molecule has 0 aromatic heterocycles. The lowest BCUT2D eigenvalue weighted by atomic mass is 10.1. The third-order valence-corrected chi connectivity index (χ3v) is 9.15. The van der Waals surface area contributed by atoms with E-state index < -0.39 is 18.1 Å². The highest BCUT2D eigenvalue weighted by atomic mass is 16.6. The van der Waals surface area contributed by atoms with Gasteiger partial charge in [-0.3, -0.25) is 9.59 Å². The van der Waals surface area contributed by atoms with Gasteiger partial charge in [0.25, 0.3) is 0 Å². The Labute approximate surface area is 359 Å². The molecule has 0 rings (SSSR count). The summed E-state index contributed by atoms with van der Waals surface area (Å²) >= 11 is 0. The zero-order chi connectivity index (χ0) is 43.5. The summed E-state index contributed by atoms with van der Waals surface area (Å²) in [6.45, 7) is 4.33. The Bertz CT molecular complexity index is 1330. The lowest BCUT2D eigenvalue weighted by molar-refractivity contribution is -0.889. The van der Waals surface area contributed by atoms with Gasteiger partial charge < -0.3 is 28.6 Å². The first kappa shape index (κ1) is 55.0. The summed E-state index contributed by atoms with van der Waals surface area (Å²) in [5.74, 6) is -1.84. The normalized spacial score (nSPS) is 14.0. The highest BCUT2D eigenvalue weighted by Gasteiger charge is 2.25. The van der Waals surface area contributed by atoms with E-state index in [0.717, 1.165) is 96.3 Å². The molecule has 0 bridgehead atoms. The average Bonchev–Trinajstić information content (AvgIpc) is 3.19. The molecule has 8 heteroatoms. The molecule has 2 unspecified atom stereocenters. The van der Waals surface area contributed by atoms with E-state index in [-0.39, 0.29) is 55.5 Å². The van der Waals surface area contributed by atoms with Crippen molar-refractivity contribution in [1.82, 2.24) is 0 Å². The summed E-state index contributed by atoms with van der Waals surface area (Å²) in [6.07, 6.45) is 55.5. The summed E-state index contributed by atoms with van der Waals surface area (Å²) in [6, 6.07) is -0.743. The summed E-state index contributed by atoms with van der Waals surface area (Å²) in [5, 5.41) is 11.6. The van der Waals surface area contributed by atoms with Gasteiger partial charge in [0, 0.05) is 19.3 Å². The Hall–Kier alpha value is -4.01. The first-order valence-corrected chi connectivity index (χ1v) is 22.4. The van der Waals surface area contributed by atoms with E-state index in [1.807, 2.05) is 0 Å². The topological polar surface area (TPSA) is 102 Å². The van der Waals surface area contributed by atoms with Crippen LogP contribution in [0.4, 0.5) is 0 Å². The van der Waals surface area contributed by atoms with E-state index in [9.17, 15) is 19.5 Å². The van der Waals surface area contributed by atoms with Crippen molar-refractivity contribution >= 4 is 17.9 Å². The fraction of sp³-hybridized carbons (Fsp3) is 0.588. The molecule has 8 nitrogen and oxygen atoms in total. The fourth-order valence-electron chi connectivity index (χ4n) is 5.73. The molecule has 0 saturated carbocycles. The van der Waals surface area contributed by atoms with Crippen LogP contribution in [0.3, 0.4) is 0 Å². The van der Waals surface area contributed by atoms with Gasteiger partial charge in [0.1, 0.15) is 12.6 Å². The van der Waals surface area contributed by atoms with Crippen LogP contribution in [0.5, 0.6) is 0 Å². The zero-order valence-electron chi connectivity index (χ0n) is 37.6. The van der Waals surface area contributed by atoms with Crippen molar-refractivity contribution in [3.63, 3.8) is 0 Å². The minimum atomic E-state index is -1.14. The number of allylic oxidation sites excluding steroid dienone is 18. The van der Waals surface area contributed by atoms with Gasteiger partial charge in [-0.2, -0.15) is 0 Å². The molecule has 0 fully saturated rings. The maximum absolute atomic E-state index is 12.7. The molecule has 0 aromatic carbocycles. The number of unbranched alkanes of at least 4 members (excludes halogenated alkanes) is 6. The number of hydrogen-bond acceptors (Lipinski definition) is 7. The summed E-state index contributed by atoms with van der Waals surface area (Å²) < 4.78 is 17.1. The Morgan fingerprint density at radius 2 is 0.898 bits per heavy atom. The van der Waals surface area contributed by atoms with Crippen molar-refractivity contribution in [2.75, 3.05) is 41.0 Å². The molecule has 0 saturated heterocycles. The third-order valence-electron chi connectivity index (χ3n) is 9.15. The molecule has 0 heterocycles. The third kappa shape index (κ3) is 39.2. The predicted octanol–water partition coefficient (Wildman–Crippen LogP) is 11.1. The zero-order valence-corrected chi connectivity index (χ0v) is 37.6. The van der Waals surface area contributed by atoms with Gasteiger partial charge in [0.05, 0.1) is 40.3 Å². The molecule has 0 aliphatic carbocycles. The van der Waals surface area contributed by atoms with Crippen molar-refractivity contribution < 1.29 is 38.2 Å². The number of carboxylic acids is 1. The number of carboxylic acid groups (broad SMARTS) is 1. The standard InChI is InChI=1S/C51H81NO7/c1-6-8-10-12-14-16-18-20-21-22-23-24-25-26-27-28-29-30-32-34-36-38-40-42-50(54)59-47(45-57-44-43-48(51(55)56)52(3,4)5)46-58-49(53)41-39-37-35-33-31-19-17-15-13-11-9-7-2/h8-11,14-17,20-21,23-24,26-27,29-31,33,47-48H,6-7,12-13,18-19,22,25,28,32,34-46H2,1-5H3/b10-8+,11-9+,16-14+,17-15+,21-20+,24-23+,27-26+,30-29+,33-31+. The number of likely N-dealkylation sites (N-methyl/N-ethyl adjacent to an activating group) is 1. The van der Waals surface area contributed by atoms with E-state index in [2.05, 4.69) is 123 Å². The second-order valence-corrected chi connectivity index (χ2v) is 15.5. The van der Waals surface area contributed by atoms with Crippen LogP contribution in [0.2, 0.25) is 0 Å². The number of ether oxygens (including phenoxy) is 3. The molecule has 0 aliphatic rings. The highest BCUT2D eigenvalue weighted by Crippen LogP contribution is 2.11. The molecule has 2 atom stereocenters. The molecule has 0 amide bonds. The molecular formula is C51H81NO7. The van der Waals surface area contributed by atoms with E-state index in [0.29, 0.717) is 12.8 Å². The first-order chi connectivity index (χ1) is 28.6. The number of rotatable bonds is 38. The van der Waals surface area contributed by atoms with Gasteiger partial charge >= 0.3 is 11.9 Å². The molecule has 0 N–H and O–H groups in total. The number of quaternary nitrogens is 1. The average molecular weight is 820 g/mol. The second kappa shape index (κ2) is 40.8.